The molecule has 0 atom stereocenters. The summed E-state index contributed by atoms with van der Waals surface area (Å²) in [6.45, 7) is 1.77. The van der Waals surface area contributed by atoms with Gasteiger partial charge in [0, 0.05) is 17.8 Å². The number of aromatic nitrogens is 2. The molecule has 1 aromatic heterocycles. The van der Waals surface area contributed by atoms with Gasteiger partial charge in [-0.3, -0.25) is 9.82 Å². The molecule has 1 heterocycles. The van der Waals surface area contributed by atoms with Crippen molar-refractivity contribution >= 4 is 15.8 Å². The van der Waals surface area contributed by atoms with Gasteiger partial charge in [-0.1, -0.05) is 0 Å². The number of aryl methyl sites for hydroxylation is 1. The van der Waals surface area contributed by atoms with Gasteiger partial charge in [-0.05, 0) is 19.1 Å². The molecule has 0 saturated carbocycles. The summed E-state index contributed by atoms with van der Waals surface area (Å²) in [7, 11) is -0.950. The van der Waals surface area contributed by atoms with Crippen LogP contribution in [0.5, 0.6) is 11.5 Å². The van der Waals surface area contributed by atoms with E-state index < -0.39 is 10.0 Å². The quantitative estimate of drug-likeness (QED) is 0.873. The number of methoxy groups -OCH3 is 2. The number of aromatic amines is 1. The van der Waals surface area contributed by atoms with Crippen LogP contribution in [0.25, 0.3) is 0 Å². The van der Waals surface area contributed by atoms with Crippen LogP contribution in [-0.4, -0.2) is 32.8 Å². The second-order valence-corrected chi connectivity index (χ2v) is 5.71. The molecule has 8 heteroatoms. The van der Waals surface area contributed by atoms with Crippen molar-refractivity contribution in [3.05, 3.63) is 30.0 Å². The molecule has 0 spiro atoms. The third-order valence-electron chi connectivity index (χ3n) is 2.61. The summed E-state index contributed by atoms with van der Waals surface area (Å²) in [6, 6.07) is 6.13. The van der Waals surface area contributed by atoms with Gasteiger partial charge in [0.25, 0.3) is 10.0 Å². The molecule has 0 radical (unpaired) electrons. The van der Waals surface area contributed by atoms with Gasteiger partial charge in [-0.25, -0.2) is 8.42 Å². The molecule has 0 saturated heterocycles. The summed E-state index contributed by atoms with van der Waals surface area (Å²) in [5.41, 5.74) is 0.750. The Morgan fingerprint density at radius 3 is 2.50 bits per heavy atom. The van der Waals surface area contributed by atoms with E-state index in [4.69, 9.17) is 9.47 Å². The van der Waals surface area contributed by atoms with Crippen molar-refractivity contribution in [1.29, 1.82) is 0 Å². The van der Waals surface area contributed by atoms with E-state index in [1.807, 2.05) is 0 Å². The minimum atomic E-state index is -3.81. The lowest BCUT2D eigenvalue weighted by molar-refractivity contribution is 0.392. The molecule has 108 valence electrons. The third kappa shape index (κ3) is 2.85. The predicted octanol–water partition coefficient (Wildman–Crippen LogP) is 1.54. The number of hydrogen-bond donors (Lipinski definition) is 2. The van der Waals surface area contributed by atoms with E-state index in [1.165, 1.54) is 26.4 Å². The number of H-pyrrole nitrogens is 1. The van der Waals surface area contributed by atoms with Gasteiger partial charge in [0.2, 0.25) is 0 Å². The second-order valence-electron chi connectivity index (χ2n) is 4.06. The van der Waals surface area contributed by atoms with Crippen molar-refractivity contribution in [3.63, 3.8) is 0 Å². The number of benzene rings is 1. The molecule has 7 nitrogen and oxygen atoms in total. The SMILES string of the molecule is COc1ccc(OC)c(S(=O)(=O)Nc2cc(C)[nH]n2)c1. The first-order valence-electron chi connectivity index (χ1n) is 5.73. The molecular weight excluding hydrogens is 282 g/mol. The molecule has 2 aromatic rings. The van der Waals surface area contributed by atoms with E-state index in [2.05, 4.69) is 14.9 Å². The molecule has 0 aliphatic heterocycles. The van der Waals surface area contributed by atoms with E-state index in [1.54, 1.807) is 19.1 Å². The average Bonchev–Trinajstić information content (AvgIpc) is 2.82. The summed E-state index contributed by atoms with van der Waals surface area (Å²) in [4.78, 5) is -0.0139. The first kappa shape index (κ1) is 14.2. The Hall–Kier alpha value is -2.22. The number of anilines is 1. The molecule has 0 unspecified atom stereocenters. The molecule has 0 amide bonds. The normalized spacial score (nSPS) is 11.2. The first-order valence-corrected chi connectivity index (χ1v) is 7.21. The Labute approximate surface area is 117 Å². The number of rotatable bonds is 5. The van der Waals surface area contributed by atoms with Crippen LogP contribution < -0.4 is 14.2 Å². The van der Waals surface area contributed by atoms with E-state index in [9.17, 15) is 8.42 Å². The molecule has 0 bridgehead atoms. The Bertz CT molecular complexity index is 709. The number of ether oxygens (including phenoxy) is 2. The Morgan fingerprint density at radius 2 is 1.95 bits per heavy atom. The molecule has 0 fully saturated rings. The van der Waals surface area contributed by atoms with Crippen LogP contribution in [0.1, 0.15) is 5.69 Å². The van der Waals surface area contributed by atoms with E-state index in [0.717, 1.165) is 5.69 Å². The molecular formula is C12H15N3O4S. The van der Waals surface area contributed by atoms with Crippen LogP contribution in [0, 0.1) is 6.92 Å². The third-order valence-corrected chi connectivity index (χ3v) is 3.98. The Balaban J connectivity index is 2.42. The highest BCUT2D eigenvalue weighted by Crippen LogP contribution is 2.29. The smallest absolute Gasteiger partial charge is 0.266 e. The minimum absolute atomic E-state index is 0.0139. The van der Waals surface area contributed by atoms with Crippen LogP contribution in [-0.2, 0) is 10.0 Å². The molecule has 20 heavy (non-hydrogen) atoms. The minimum Gasteiger partial charge on any atom is -0.497 e. The Morgan fingerprint density at radius 1 is 1.20 bits per heavy atom. The summed E-state index contributed by atoms with van der Waals surface area (Å²) < 4.78 is 37.2. The lowest BCUT2D eigenvalue weighted by Crippen LogP contribution is -2.14. The summed E-state index contributed by atoms with van der Waals surface area (Å²) in [6.07, 6.45) is 0. The van der Waals surface area contributed by atoms with Crippen molar-refractivity contribution in [2.75, 3.05) is 18.9 Å². The Kier molecular flexibility index (Phi) is 3.84. The summed E-state index contributed by atoms with van der Waals surface area (Å²) >= 11 is 0. The number of hydrogen-bond acceptors (Lipinski definition) is 5. The molecule has 0 aliphatic carbocycles. The highest BCUT2D eigenvalue weighted by Gasteiger charge is 2.21. The van der Waals surface area contributed by atoms with Gasteiger partial charge in [0.15, 0.2) is 5.82 Å². The highest BCUT2D eigenvalue weighted by atomic mass is 32.2. The van der Waals surface area contributed by atoms with Gasteiger partial charge >= 0.3 is 0 Å². The fraction of sp³-hybridized carbons (Fsp3) is 0.250. The van der Waals surface area contributed by atoms with Crippen molar-refractivity contribution in [3.8, 4) is 11.5 Å². The zero-order chi connectivity index (χ0) is 14.8. The topological polar surface area (TPSA) is 93.3 Å². The summed E-state index contributed by atoms with van der Waals surface area (Å²) in [5, 5.41) is 6.50. The molecule has 2 N–H and O–H groups in total. The zero-order valence-electron chi connectivity index (χ0n) is 11.3. The summed E-state index contributed by atoms with van der Waals surface area (Å²) in [5.74, 6) is 0.863. The van der Waals surface area contributed by atoms with E-state index in [0.29, 0.717) is 5.75 Å². The zero-order valence-corrected chi connectivity index (χ0v) is 12.1. The number of nitrogens with zero attached hydrogens (tertiary/aromatic N) is 1. The maximum absolute atomic E-state index is 12.4. The second kappa shape index (κ2) is 5.41. The lowest BCUT2D eigenvalue weighted by atomic mass is 10.3. The standard InChI is InChI=1S/C12H15N3O4S/c1-8-6-12(14-13-8)15-20(16,17)11-7-9(18-2)4-5-10(11)19-3/h4-7H,1-3H3,(H2,13,14,15). The van der Waals surface area contributed by atoms with Crippen LogP contribution in [0.3, 0.4) is 0 Å². The van der Waals surface area contributed by atoms with Crippen molar-refractivity contribution in [1.82, 2.24) is 10.2 Å². The first-order chi connectivity index (χ1) is 9.46. The van der Waals surface area contributed by atoms with Crippen LogP contribution in [0.2, 0.25) is 0 Å². The predicted molar refractivity (Wildman–Crippen MR) is 73.7 cm³/mol. The molecule has 0 aliphatic rings. The van der Waals surface area contributed by atoms with Gasteiger partial charge in [0.1, 0.15) is 16.4 Å². The fourth-order valence-corrected chi connectivity index (χ4v) is 2.83. The molecule has 1 aromatic carbocycles. The number of sulfonamides is 1. The van der Waals surface area contributed by atoms with Crippen LogP contribution in [0.15, 0.2) is 29.2 Å². The molecule has 2 rings (SSSR count). The van der Waals surface area contributed by atoms with Crippen molar-refractivity contribution < 1.29 is 17.9 Å². The largest absolute Gasteiger partial charge is 0.497 e. The highest BCUT2D eigenvalue weighted by molar-refractivity contribution is 7.92. The van der Waals surface area contributed by atoms with Gasteiger partial charge in [0.05, 0.1) is 14.2 Å². The lowest BCUT2D eigenvalue weighted by Gasteiger charge is -2.11. The maximum atomic E-state index is 12.4. The van der Waals surface area contributed by atoms with Crippen molar-refractivity contribution in [2.24, 2.45) is 0 Å². The van der Waals surface area contributed by atoms with E-state index in [-0.39, 0.29) is 16.5 Å². The van der Waals surface area contributed by atoms with E-state index >= 15 is 0 Å². The maximum Gasteiger partial charge on any atom is 0.266 e. The average molecular weight is 297 g/mol. The van der Waals surface area contributed by atoms with Gasteiger partial charge < -0.3 is 9.47 Å². The van der Waals surface area contributed by atoms with Crippen molar-refractivity contribution in [2.45, 2.75) is 11.8 Å². The van der Waals surface area contributed by atoms with Gasteiger partial charge in [-0.2, -0.15) is 5.10 Å². The monoisotopic (exact) mass is 297 g/mol. The van der Waals surface area contributed by atoms with Crippen LogP contribution >= 0.6 is 0 Å². The van der Waals surface area contributed by atoms with Crippen LogP contribution in [0.4, 0.5) is 5.82 Å². The fourth-order valence-electron chi connectivity index (χ4n) is 1.66. The van der Waals surface area contributed by atoms with Gasteiger partial charge in [-0.15, -0.1) is 0 Å². The number of nitrogens with one attached hydrogen (secondary N) is 2.